The topological polar surface area (TPSA) is 52.6 Å². The number of Topliss-reactive ketones (excluding diaryl/α,β-unsaturated/α-hetero) is 1. The summed E-state index contributed by atoms with van der Waals surface area (Å²) in [6.45, 7) is 0.991. The summed E-state index contributed by atoms with van der Waals surface area (Å²) in [6, 6.07) is 10.2. The molecule has 0 saturated carbocycles. The Morgan fingerprint density at radius 1 is 1.11 bits per heavy atom. The number of benzene rings is 1. The van der Waals surface area contributed by atoms with Gasteiger partial charge in [0.2, 0.25) is 0 Å². The van der Waals surface area contributed by atoms with Crippen molar-refractivity contribution in [3.63, 3.8) is 0 Å². The van der Waals surface area contributed by atoms with E-state index >= 15 is 0 Å². The van der Waals surface area contributed by atoms with Gasteiger partial charge in [-0.2, -0.15) is 0 Å². The summed E-state index contributed by atoms with van der Waals surface area (Å²) in [7, 11) is 1.27. The van der Waals surface area contributed by atoms with Crippen LogP contribution < -0.4 is 0 Å². The van der Waals surface area contributed by atoms with Crippen molar-refractivity contribution < 1.29 is 19.1 Å². The molecule has 104 valence electrons. The Hall–Kier alpha value is -1.68. The summed E-state index contributed by atoms with van der Waals surface area (Å²) < 4.78 is 9.78. The molecule has 1 rings (SSSR count). The van der Waals surface area contributed by atoms with Crippen molar-refractivity contribution >= 4 is 11.8 Å². The molecule has 0 amide bonds. The van der Waals surface area contributed by atoms with Crippen molar-refractivity contribution in [1.82, 2.24) is 0 Å². The number of hydrogen-bond acceptors (Lipinski definition) is 4. The van der Waals surface area contributed by atoms with Crippen LogP contribution in [0.2, 0.25) is 0 Å². The van der Waals surface area contributed by atoms with E-state index in [0.717, 1.165) is 12.8 Å². The minimum Gasteiger partial charge on any atom is -0.469 e. The summed E-state index contributed by atoms with van der Waals surface area (Å²) in [5.41, 5.74) is 1.29. The molecule has 0 aliphatic carbocycles. The van der Waals surface area contributed by atoms with Gasteiger partial charge in [0, 0.05) is 13.0 Å². The molecule has 0 aromatic heterocycles. The van der Waals surface area contributed by atoms with Gasteiger partial charge in [-0.05, 0) is 18.4 Å². The smallest absolute Gasteiger partial charge is 0.313 e. The quantitative estimate of drug-likeness (QED) is 0.389. The van der Waals surface area contributed by atoms with E-state index < -0.39 is 5.97 Å². The predicted octanol–water partition coefficient (Wildman–Crippen LogP) is 2.16. The molecule has 0 unspecified atom stereocenters. The molecule has 0 fully saturated rings. The van der Waals surface area contributed by atoms with Crippen molar-refractivity contribution in [2.24, 2.45) is 0 Å². The minimum absolute atomic E-state index is 0.144. The summed E-state index contributed by atoms with van der Waals surface area (Å²) in [4.78, 5) is 22.1. The number of esters is 1. The highest BCUT2D eigenvalue weighted by molar-refractivity contribution is 5.95. The molecule has 4 heteroatoms. The van der Waals surface area contributed by atoms with Gasteiger partial charge >= 0.3 is 5.97 Å². The molecular formula is C15H20O4. The van der Waals surface area contributed by atoms with Gasteiger partial charge < -0.3 is 9.47 Å². The van der Waals surface area contributed by atoms with Gasteiger partial charge in [-0.1, -0.05) is 30.3 Å². The van der Waals surface area contributed by atoms with Crippen LogP contribution >= 0.6 is 0 Å². The molecule has 0 heterocycles. The molecule has 1 aromatic carbocycles. The Balaban J connectivity index is 1.99. The zero-order chi connectivity index (χ0) is 13.9. The summed E-state index contributed by atoms with van der Waals surface area (Å²) in [5, 5.41) is 0. The largest absolute Gasteiger partial charge is 0.469 e. The Bertz CT molecular complexity index is 386. The molecule has 4 nitrogen and oxygen atoms in total. The van der Waals surface area contributed by atoms with Gasteiger partial charge in [-0.3, -0.25) is 9.59 Å². The second kappa shape index (κ2) is 9.28. The van der Waals surface area contributed by atoms with E-state index in [4.69, 9.17) is 4.74 Å². The monoisotopic (exact) mass is 264 g/mol. The molecule has 0 radical (unpaired) electrons. The van der Waals surface area contributed by atoms with E-state index in [0.29, 0.717) is 13.2 Å². The van der Waals surface area contributed by atoms with E-state index in [1.807, 2.05) is 18.2 Å². The summed E-state index contributed by atoms with van der Waals surface area (Å²) in [6.07, 6.45) is 2.00. The van der Waals surface area contributed by atoms with Crippen molar-refractivity contribution in [3.05, 3.63) is 35.9 Å². The average Bonchev–Trinajstić information content (AvgIpc) is 2.43. The number of methoxy groups -OCH3 is 1. The van der Waals surface area contributed by atoms with Crippen LogP contribution in [0.5, 0.6) is 0 Å². The number of carbonyl (C=O) groups excluding carboxylic acids is 2. The van der Waals surface area contributed by atoms with Gasteiger partial charge in [0.15, 0.2) is 0 Å². The zero-order valence-corrected chi connectivity index (χ0v) is 11.3. The Morgan fingerprint density at radius 3 is 2.53 bits per heavy atom. The first-order valence-corrected chi connectivity index (χ1v) is 6.42. The molecular weight excluding hydrogens is 244 g/mol. The fraction of sp³-hybridized carbons (Fsp3) is 0.467. The normalized spacial score (nSPS) is 10.2. The standard InChI is InChI=1S/C15H20O4/c1-18-15(17)12-14(16)9-11-19-10-5-8-13-6-3-2-4-7-13/h2-4,6-7H,5,8-12H2,1H3. The maximum Gasteiger partial charge on any atom is 0.313 e. The van der Waals surface area contributed by atoms with Crippen LogP contribution in [0.25, 0.3) is 0 Å². The lowest BCUT2D eigenvalue weighted by atomic mass is 10.1. The Morgan fingerprint density at radius 2 is 1.84 bits per heavy atom. The number of ether oxygens (including phenoxy) is 2. The molecule has 19 heavy (non-hydrogen) atoms. The lowest BCUT2D eigenvalue weighted by Gasteiger charge is -2.04. The number of aryl methyl sites for hydroxylation is 1. The number of ketones is 1. The van der Waals surface area contributed by atoms with Gasteiger partial charge in [-0.25, -0.2) is 0 Å². The average molecular weight is 264 g/mol. The van der Waals surface area contributed by atoms with Gasteiger partial charge in [0.25, 0.3) is 0 Å². The van der Waals surface area contributed by atoms with E-state index in [1.165, 1.54) is 12.7 Å². The van der Waals surface area contributed by atoms with Gasteiger partial charge in [0.1, 0.15) is 12.2 Å². The molecule has 0 atom stereocenters. The van der Waals surface area contributed by atoms with Crippen molar-refractivity contribution in [1.29, 1.82) is 0 Å². The third-order valence-electron chi connectivity index (χ3n) is 2.69. The van der Waals surface area contributed by atoms with E-state index in [9.17, 15) is 9.59 Å². The second-order valence-electron chi connectivity index (χ2n) is 4.24. The zero-order valence-electron chi connectivity index (χ0n) is 11.3. The van der Waals surface area contributed by atoms with Crippen LogP contribution in [-0.4, -0.2) is 32.1 Å². The Labute approximate surface area is 113 Å². The Kier molecular flexibility index (Phi) is 7.51. The fourth-order valence-corrected chi connectivity index (χ4v) is 1.63. The highest BCUT2D eigenvalue weighted by Gasteiger charge is 2.08. The van der Waals surface area contributed by atoms with Crippen molar-refractivity contribution in [2.45, 2.75) is 25.7 Å². The van der Waals surface area contributed by atoms with Crippen LogP contribution in [0.1, 0.15) is 24.8 Å². The summed E-state index contributed by atoms with van der Waals surface area (Å²) in [5.74, 6) is -0.635. The van der Waals surface area contributed by atoms with E-state index in [-0.39, 0.29) is 18.6 Å². The van der Waals surface area contributed by atoms with Crippen LogP contribution in [0.15, 0.2) is 30.3 Å². The minimum atomic E-state index is -0.492. The molecule has 1 aromatic rings. The maximum atomic E-state index is 11.3. The first-order valence-electron chi connectivity index (χ1n) is 6.42. The second-order valence-corrected chi connectivity index (χ2v) is 4.24. The van der Waals surface area contributed by atoms with Gasteiger partial charge in [-0.15, -0.1) is 0 Å². The van der Waals surface area contributed by atoms with Crippen molar-refractivity contribution in [3.8, 4) is 0 Å². The maximum absolute atomic E-state index is 11.3. The molecule has 0 aliphatic heterocycles. The van der Waals surface area contributed by atoms with Crippen LogP contribution in [0.3, 0.4) is 0 Å². The molecule has 0 bridgehead atoms. The number of hydrogen-bond donors (Lipinski definition) is 0. The van der Waals surface area contributed by atoms with Crippen LogP contribution in [-0.2, 0) is 25.5 Å². The lowest BCUT2D eigenvalue weighted by molar-refractivity contribution is -0.143. The highest BCUT2D eigenvalue weighted by atomic mass is 16.5. The number of rotatable bonds is 9. The van der Waals surface area contributed by atoms with Crippen LogP contribution in [0, 0.1) is 0 Å². The third-order valence-corrected chi connectivity index (χ3v) is 2.69. The van der Waals surface area contributed by atoms with Crippen molar-refractivity contribution in [2.75, 3.05) is 20.3 Å². The lowest BCUT2D eigenvalue weighted by Crippen LogP contribution is -2.11. The van der Waals surface area contributed by atoms with Crippen LogP contribution in [0.4, 0.5) is 0 Å². The highest BCUT2D eigenvalue weighted by Crippen LogP contribution is 2.02. The predicted molar refractivity (Wildman–Crippen MR) is 71.8 cm³/mol. The van der Waals surface area contributed by atoms with E-state index in [2.05, 4.69) is 16.9 Å². The fourth-order valence-electron chi connectivity index (χ4n) is 1.63. The number of carbonyl (C=O) groups is 2. The first kappa shape index (κ1) is 15.4. The third kappa shape index (κ3) is 7.36. The molecule has 0 N–H and O–H groups in total. The van der Waals surface area contributed by atoms with E-state index in [1.54, 1.807) is 0 Å². The SMILES string of the molecule is COC(=O)CC(=O)CCOCCCc1ccccc1. The summed E-state index contributed by atoms with van der Waals surface area (Å²) >= 11 is 0. The first-order chi connectivity index (χ1) is 9.22. The molecule has 0 spiro atoms. The molecule has 0 aliphatic rings. The molecule has 0 saturated heterocycles. The van der Waals surface area contributed by atoms with Gasteiger partial charge in [0.05, 0.1) is 13.7 Å².